The molecule has 0 aromatic rings. The van der Waals surface area contributed by atoms with Gasteiger partial charge in [0.05, 0.1) is 51.2 Å². The van der Waals surface area contributed by atoms with E-state index in [1.165, 1.54) is 4.90 Å². The zero-order valence-corrected chi connectivity index (χ0v) is 12.3. The van der Waals surface area contributed by atoms with Gasteiger partial charge in [0, 0.05) is 7.05 Å². The zero-order chi connectivity index (χ0) is 15.6. The number of amides is 2. The first-order valence-corrected chi connectivity index (χ1v) is 7.02. The van der Waals surface area contributed by atoms with E-state index < -0.39 is 24.0 Å². The summed E-state index contributed by atoms with van der Waals surface area (Å²) in [6, 6.07) is -0.850. The van der Waals surface area contributed by atoms with Crippen molar-refractivity contribution in [3.05, 3.63) is 0 Å². The summed E-state index contributed by atoms with van der Waals surface area (Å²) in [5.41, 5.74) is 0. The van der Waals surface area contributed by atoms with Crippen LogP contribution in [-0.2, 0) is 14.3 Å². The number of aliphatic hydroxyl groups excluding tert-OH is 1. The molecular formula is C13H22N2O6. The van der Waals surface area contributed by atoms with Gasteiger partial charge in [0.15, 0.2) is 0 Å². The third-order valence-corrected chi connectivity index (χ3v) is 4.12. The molecule has 0 aromatic heterocycles. The molecule has 2 aliphatic heterocycles. The van der Waals surface area contributed by atoms with Gasteiger partial charge in [-0.25, -0.2) is 4.79 Å². The number of aliphatic carboxylic acids is 1. The predicted octanol–water partition coefficient (Wildman–Crippen LogP) is -0.781. The Balaban J connectivity index is 2.05. The van der Waals surface area contributed by atoms with Crippen molar-refractivity contribution in [2.75, 3.05) is 40.0 Å². The molecule has 4 unspecified atom stereocenters. The van der Waals surface area contributed by atoms with Crippen molar-refractivity contribution in [2.45, 2.75) is 25.1 Å². The highest BCUT2D eigenvalue weighted by Gasteiger charge is 2.41. The maximum atomic E-state index is 12.6. The van der Waals surface area contributed by atoms with E-state index in [2.05, 4.69) is 0 Å². The van der Waals surface area contributed by atoms with Crippen LogP contribution in [0.15, 0.2) is 0 Å². The lowest BCUT2D eigenvalue weighted by Gasteiger charge is -2.40. The van der Waals surface area contributed by atoms with Crippen molar-refractivity contribution >= 4 is 12.0 Å². The van der Waals surface area contributed by atoms with Crippen molar-refractivity contribution in [3.63, 3.8) is 0 Å². The molecule has 4 atom stereocenters. The Kier molecular flexibility index (Phi) is 5.02. The Hall–Kier alpha value is -1.38. The van der Waals surface area contributed by atoms with E-state index in [4.69, 9.17) is 14.6 Å². The topological polar surface area (TPSA) is 99.5 Å². The second-order valence-electron chi connectivity index (χ2n) is 5.58. The van der Waals surface area contributed by atoms with Crippen LogP contribution in [-0.4, -0.2) is 90.2 Å². The van der Waals surface area contributed by atoms with E-state index in [1.54, 1.807) is 11.9 Å². The first-order valence-electron chi connectivity index (χ1n) is 7.02. The zero-order valence-electron chi connectivity index (χ0n) is 12.3. The number of rotatable bonds is 3. The Bertz CT molecular complexity index is 404. The minimum absolute atomic E-state index is 0.117. The minimum atomic E-state index is -0.958. The quantitative estimate of drug-likeness (QED) is 0.709. The Morgan fingerprint density at radius 1 is 1.33 bits per heavy atom. The third kappa shape index (κ3) is 3.28. The molecule has 0 saturated carbocycles. The molecule has 0 spiro atoms. The van der Waals surface area contributed by atoms with Gasteiger partial charge in [-0.2, -0.15) is 0 Å². The molecule has 2 amide bonds. The van der Waals surface area contributed by atoms with Crippen LogP contribution in [0.5, 0.6) is 0 Å². The van der Waals surface area contributed by atoms with Gasteiger partial charge in [-0.1, -0.05) is 0 Å². The Morgan fingerprint density at radius 2 is 2.05 bits per heavy atom. The smallest absolute Gasteiger partial charge is 0.320 e. The number of nitrogens with zero attached hydrogens (tertiary/aromatic N) is 2. The largest absolute Gasteiger partial charge is 0.481 e. The lowest BCUT2D eigenvalue weighted by atomic mass is 10.0. The Labute approximate surface area is 123 Å². The number of carboxylic acids is 1. The summed E-state index contributed by atoms with van der Waals surface area (Å²) in [5.74, 6) is -1.66. The first-order chi connectivity index (χ1) is 9.95. The number of carbonyl (C=O) groups excluding carboxylic acids is 1. The summed E-state index contributed by atoms with van der Waals surface area (Å²) < 4.78 is 10.6. The summed E-state index contributed by atoms with van der Waals surface area (Å²) in [6.45, 7) is 2.71. The molecule has 120 valence electrons. The van der Waals surface area contributed by atoms with Crippen LogP contribution in [0, 0.1) is 5.92 Å². The number of carboxylic acid groups (broad SMARTS) is 1. The highest BCUT2D eigenvalue weighted by molar-refractivity contribution is 5.77. The van der Waals surface area contributed by atoms with Gasteiger partial charge in [-0.05, 0) is 6.92 Å². The molecule has 0 bridgehead atoms. The molecule has 8 nitrogen and oxygen atoms in total. The maximum Gasteiger partial charge on any atom is 0.320 e. The maximum absolute atomic E-state index is 12.6. The van der Waals surface area contributed by atoms with Crippen LogP contribution < -0.4 is 0 Å². The molecule has 2 saturated heterocycles. The van der Waals surface area contributed by atoms with Crippen molar-refractivity contribution in [3.8, 4) is 0 Å². The summed E-state index contributed by atoms with van der Waals surface area (Å²) in [4.78, 5) is 26.8. The fourth-order valence-corrected chi connectivity index (χ4v) is 2.70. The van der Waals surface area contributed by atoms with Crippen molar-refractivity contribution in [1.82, 2.24) is 9.80 Å². The van der Waals surface area contributed by atoms with E-state index in [9.17, 15) is 14.7 Å². The Morgan fingerprint density at radius 3 is 2.67 bits per heavy atom. The molecule has 8 heteroatoms. The molecule has 0 aliphatic carbocycles. The molecule has 2 rings (SSSR count). The summed E-state index contributed by atoms with van der Waals surface area (Å²) in [6.07, 6.45) is -0.395. The number of carbonyl (C=O) groups is 2. The van der Waals surface area contributed by atoms with Gasteiger partial charge in [0.2, 0.25) is 0 Å². The van der Waals surface area contributed by atoms with Crippen LogP contribution in [0.3, 0.4) is 0 Å². The molecule has 2 fully saturated rings. The molecule has 2 N–H and O–H groups in total. The number of hydrogen-bond acceptors (Lipinski definition) is 5. The molecule has 0 radical (unpaired) electrons. The monoisotopic (exact) mass is 302 g/mol. The third-order valence-electron chi connectivity index (χ3n) is 4.12. The van der Waals surface area contributed by atoms with Gasteiger partial charge in [-0.3, -0.25) is 4.79 Å². The number of morpholine rings is 1. The van der Waals surface area contributed by atoms with E-state index in [-0.39, 0.29) is 31.9 Å². The van der Waals surface area contributed by atoms with Crippen LogP contribution in [0.2, 0.25) is 0 Å². The molecule has 2 heterocycles. The fraction of sp³-hybridized carbons (Fsp3) is 0.846. The number of ether oxygens (including phenoxy) is 2. The first kappa shape index (κ1) is 16.0. The standard InChI is InChI=1S/C13H22N2O6/c1-8-5-21-9(4-16)3-15(8)13(19)14(2)11-7-20-6-10(11)12(17)18/h8-11,16H,3-7H2,1-2H3,(H,17,18). The number of aliphatic hydroxyl groups is 1. The highest BCUT2D eigenvalue weighted by Crippen LogP contribution is 2.22. The molecule has 21 heavy (non-hydrogen) atoms. The van der Waals surface area contributed by atoms with Gasteiger partial charge in [0.25, 0.3) is 0 Å². The number of urea groups is 1. The highest BCUT2D eigenvalue weighted by atomic mass is 16.5. The van der Waals surface area contributed by atoms with Crippen LogP contribution in [0.4, 0.5) is 4.79 Å². The average molecular weight is 302 g/mol. The minimum Gasteiger partial charge on any atom is -0.481 e. The number of likely N-dealkylation sites (N-methyl/N-ethyl adjacent to an activating group) is 1. The summed E-state index contributed by atoms with van der Waals surface area (Å²) in [7, 11) is 1.59. The SMILES string of the molecule is CC1COC(CO)CN1C(=O)N(C)C1COCC1C(=O)O. The predicted molar refractivity (Wildman–Crippen MR) is 71.9 cm³/mol. The lowest BCUT2D eigenvalue weighted by molar-refractivity contribution is -0.142. The van der Waals surface area contributed by atoms with Crippen LogP contribution in [0.1, 0.15) is 6.92 Å². The summed E-state index contributed by atoms with van der Waals surface area (Å²) >= 11 is 0. The van der Waals surface area contributed by atoms with E-state index in [0.717, 1.165) is 0 Å². The van der Waals surface area contributed by atoms with Gasteiger partial charge in [-0.15, -0.1) is 0 Å². The lowest BCUT2D eigenvalue weighted by Crippen LogP contribution is -2.58. The van der Waals surface area contributed by atoms with Crippen molar-refractivity contribution in [1.29, 1.82) is 0 Å². The summed E-state index contributed by atoms with van der Waals surface area (Å²) in [5, 5.41) is 18.3. The van der Waals surface area contributed by atoms with Gasteiger partial charge < -0.3 is 29.5 Å². The van der Waals surface area contributed by atoms with Gasteiger partial charge >= 0.3 is 12.0 Å². The van der Waals surface area contributed by atoms with Gasteiger partial charge in [0.1, 0.15) is 5.92 Å². The van der Waals surface area contributed by atoms with Crippen molar-refractivity contribution < 1.29 is 29.3 Å². The van der Waals surface area contributed by atoms with E-state index in [0.29, 0.717) is 13.2 Å². The molecule has 2 aliphatic rings. The molecular weight excluding hydrogens is 280 g/mol. The fourth-order valence-electron chi connectivity index (χ4n) is 2.70. The van der Waals surface area contributed by atoms with Crippen LogP contribution in [0.25, 0.3) is 0 Å². The normalized spacial score (nSPS) is 33.0. The second-order valence-corrected chi connectivity index (χ2v) is 5.58. The van der Waals surface area contributed by atoms with E-state index in [1.807, 2.05) is 6.92 Å². The van der Waals surface area contributed by atoms with Crippen molar-refractivity contribution in [2.24, 2.45) is 5.92 Å². The number of hydrogen-bond donors (Lipinski definition) is 2. The average Bonchev–Trinajstić information content (AvgIpc) is 2.96. The van der Waals surface area contributed by atoms with E-state index >= 15 is 0 Å². The second kappa shape index (κ2) is 6.59. The molecule has 0 aromatic carbocycles. The van der Waals surface area contributed by atoms with Crippen LogP contribution >= 0.6 is 0 Å².